The van der Waals surface area contributed by atoms with Gasteiger partial charge in [-0.15, -0.1) is 0 Å². The molecule has 28 heavy (non-hydrogen) atoms. The Morgan fingerprint density at radius 2 is 1.71 bits per heavy atom. The van der Waals surface area contributed by atoms with Crippen molar-refractivity contribution < 1.29 is 9.90 Å². The molecule has 0 saturated heterocycles. The topological polar surface area (TPSA) is 88.0 Å². The number of aliphatic hydroxyl groups is 1. The van der Waals surface area contributed by atoms with Gasteiger partial charge < -0.3 is 10.4 Å². The number of carbonyl (C=O) groups is 1. The van der Waals surface area contributed by atoms with E-state index >= 15 is 0 Å². The van der Waals surface area contributed by atoms with Crippen LogP contribution in [0.3, 0.4) is 0 Å². The SMILES string of the molecule is CC(C)c1ccc([C@H](CCO)NC(=O)c2cnc(-c3cccnc3)nc2)cc1. The zero-order valence-corrected chi connectivity index (χ0v) is 16.0. The maximum atomic E-state index is 12.6. The van der Waals surface area contributed by atoms with Crippen molar-refractivity contribution in [3.8, 4) is 11.4 Å². The summed E-state index contributed by atoms with van der Waals surface area (Å²) in [5.74, 6) is 0.681. The van der Waals surface area contributed by atoms with E-state index in [0.29, 0.717) is 23.7 Å². The van der Waals surface area contributed by atoms with Gasteiger partial charge in [0.25, 0.3) is 5.91 Å². The Bertz CT molecular complexity index is 894. The van der Waals surface area contributed by atoms with Crippen LogP contribution < -0.4 is 5.32 Å². The van der Waals surface area contributed by atoms with Gasteiger partial charge in [-0.2, -0.15) is 0 Å². The normalized spacial score (nSPS) is 12.0. The summed E-state index contributed by atoms with van der Waals surface area (Å²) in [7, 11) is 0. The molecule has 144 valence electrons. The van der Waals surface area contributed by atoms with Crippen molar-refractivity contribution in [1.29, 1.82) is 0 Å². The third-order valence-electron chi connectivity index (χ3n) is 4.56. The van der Waals surface area contributed by atoms with Crippen molar-refractivity contribution in [2.24, 2.45) is 0 Å². The lowest BCUT2D eigenvalue weighted by molar-refractivity contribution is 0.0929. The summed E-state index contributed by atoms with van der Waals surface area (Å²) in [6, 6.07) is 11.5. The number of hydrogen-bond acceptors (Lipinski definition) is 5. The van der Waals surface area contributed by atoms with Crippen LogP contribution in [0.4, 0.5) is 0 Å². The minimum absolute atomic E-state index is 0.0205. The number of aliphatic hydroxyl groups excluding tert-OH is 1. The first kappa shape index (κ1) is 19.6. The molecule has 0 unspecified atom stereocenters. The molecule has 0 fully saturated rings. The predicted octanol–water partition coefficient (Wildman–Crippen LogP) is 3.52. The van der Waals surface area contributed by atoms with E-state index in [1.54, 1.807) is 12.4 Å². The Morgan fingerprint density at radius 1 is 1.04 bits per heavy atom. The van der Waals surface area contributed by atoms with Crippen LogP contribution in [0.2, 0.25) is 0 Å². The summed E-state index contributed by atoms with van der Waals surface area (Å²) < 4.78 is 0. The van der Waals surface area contributed by atoms with Crippen LogP contribution in [0.25, 0.3) is 11.4 Å². The summed E-state index contributed by atoms with van der Waals surface area (Å²) in [6.45, 7) is 4.25. The Labute approximate surface area is 164 Å². The average molecular weight is 376 g/mol. The van der Waals surface area contributed by atoms with E-state index in [4.69, 9.17) is 0 Å². The van der Waals surface area contributed by atoms with E-state index in [1.807, 2.05) is 24.3 Å². The highest BCUT2D eigenvalue weighted by Crippen LogP contribution is 2.21. The smallest absolute Gasteiger partial charge is 0.254 e. The molecule has 3 aromatic rings. The van der Waals surface area contributed by atoms with Crippen LogP contribution in [0.15, 0.2) is 61.2 Å². The lowest BCUT2D eigenvalue weighted by Gasteiger charge is -2.19. The van der Waals surface area contributed by atoms with Gasteiger partial charge in [-0.3, -0.25) is 9.78 Å². The summed E-state index contributed by atoms with van der Waals surface area (Å²) in [6.07, 6.45) is 6.79. The molecule has 2 heterocycles. The van der Waals surface area contributed by atoms with Gasteiger partial charge in [0.1, 0.15) is 0 Å². The second-order valence-corrected chi connectivity index (χ2v) is 6.90. The molecule has 1 atom stereocenters. The molecule has 0 aliphatic heterocycles. The maximum absolute atomic E-state index is 12.6. The third kappa shape index (κ3) is 4.78. The second-order valence-electron chi connectivity index (χ2n) is 6.90. The fourth-order valence-electron chi connectivity index (χ4n) is 2.90. The van der Waals surface area contributed by atoms with Crippen molar-refractivity contribution in [2.75, 3.05) is 6.61 Å². The van der Waals surface area contributed by atoms with Crippen molar-refractivity contribution in [3.63, 3.8) is 0 Å². The monoisotopic (exact) mass is 376 g/mol. The van der Waals surface area contributed by atoms with E-state index < -0.39 is 0 Å². The van der Waals surface area contributed by atoms with E-state index in [0.717, 1.165) is 11.1 Å². The minimum atomic E-state index is -0.281. The number of pyridine rings is 1. The van der Waals surface area contributed by atoms with Crippen LogP contribution in [0.1, 0.15) is 53.7 Å². The van der Waals surface area contributed by atoms with E-state index in [9.17, 15) is 9.90 Å². The zero-order chi connectivity index (χ0) is 19.9. The quantitative estimate of drug-likeness (QED) is 0.659. The van der Waals surface area contributed by atoms with Gasteiger partial charge in [0, 0.05) is 37.0 Å². The fraction of sp³-hybridized carbons (Fsp3) is 0.273. The van der Waals surface area contributed by atoms with Gasteiger partial charge in [0.2, 0.25) is 0 Å². The Balaban J connectivity index is 1.73. The molecule has 0 radical (unpaired) electrons. The number of carbonyl (C=O) groups excluding carboxylic acids is 1. The van der Waals surface area contributed by atoms with Crippen LogP contribution in [0, 0.1) is 0 Å². The molecule has 2 aromatic heterocycles. The van der Waals surface area contributed by atoms with Gasteiger partial charge in [0.15, 0.2) is 5.82 Å². The molecule has 0 bridgehead atoms. The lowest BCUT2D eigenvalue weighted by atomic mass is 9.97. The molecule has 1 aromatic carbocycles. The Hall–Kier alpha value is -3.12. The van der Waals surface area contributed by atoms with E-state index in [1.165, 1.54) is 18.0 Å². The number of nitrogens with zero attached hydrogens (tertiary/aromatic N) is 3. The molecule has 6 heteroatoms. The molecule has 3 rings (SSSR count). The number of aromatic nitrogens is 3. The second kappa shape index (κ2) is 9.19. The summed E-state index contributed by atoms with van der Waals surface area (Å²) in [5.41, 5.74) is 3.35. The maximum Gasteiger partial charge on any atom is 0.254 e. The zero-order valence-electron chi connectivity index (χ0n) is 16.0. The van der Waals surface area contributed by atoms with Gasteiger partial charge in [-0.25, -0.2) is 9.97 Å². The first-order valence-electron chi connectivity index (χ1n) is 9.32. The van der Waals surface area contributed by atoms with Gasteiger partial charge in [-0.1, -0.05) is 38.1 Å². The first-order valence-corrected chi connectivity index (χ1v) is 9.32. The van der Waals surface area contributed by atoms with Crippen molar-refractivity contribution in [3.05, 3.63) is 77.9 Å². The molecule has 0 saturated carbocycles. The molecule has 0 aliphatic carbocycles. The van der Waals surface area contributed by atoms with Gasteiger partial charge in [-0.05, 0) is 35.6 Å². The Kier molecular flexibility index (Phi) is 6.45. The summed E-state index contributed by atoms with van der Waals surface area (Å²) >= 11 is 0. The largest absolute Gasteiger partial charge is 0.396 e. The number of hydrogen-bond donors (Lipinski definition) is 2. The molecule has 0 spiro atoms. The van der Waals surface area contributed by atoms with Crippen LogP contribution in [-0.2, 0) is 0 Å². The minimum Gasteiger partial charge on any atom is -0.396 e. The third-order valence-corrected chi connectivity index (χ3v) is 4.56. The molecule has 2 N–H and O–H groups in total. The van der Waals surface area contributed by atoms with Gasteiger partial charge in [0.05, 0.1) is 11.6 Å². The fourth-order valence-corrected chi connectivity index (χ4v) is 2.90. The predicted molar refractivity (Wildman–Crippen MR) is 108 cm³/mol. The molecular weight excluding hydrogens is 352 g/mol. The molecule has 0 aliphatic rings. The summed E-state index contributed by atoms with van der Waals surface area (Å²) in [5, 5.41) is 12.4. The average Bonchev–Trinajstić information content (AvgIpc) is 2.74. The molecular formula is C22H24N4O2. The number of rotatable bonds is 7. The Morgan fingerprint density at radius 3 is 2.29 bits per heavy atom. The standard InChI is InChI=1S/C22H24N4O2/c1-15(2)16-5-7-17(8-6-16)20(9-11-27)26-22(28)19-13-24-21(25-14-19)18-4-3-10-23-12-18/h3-8,10,12-15,20,27H,9,11H2,1-2H3,(H,26,28)/t20-/m0/s1. The highest BCUT2D eigenvalue weighted by molar-refractivity contribution is 5.94. The summed E-state index contributed by atoms with van der Waals surface area (Å²) in [4.78, 5) is 25.2. The number of amides is 1. The van der Waals surface area contributed by atoms with E-state index in [-0.39, 0.29) is 18.6 Å². The molecule has 1 amide bonds. The van der Waals surface area contributed by atoms with Crippen LogP contribution in [0.5, 0.6) is 0 Å². The highest BCUT2D eigenvalue weighted by Gasteiger charge is 2.16. The molecule has 6 nitrogen and oxygen atoms in total. The van der Waals surface area contributed by atoms with E-state index in [2.05, 4.69) is 46.2 Å². The van der Waals surface area contributed by atoms with Crippen LogP contribution >= 0.6 is 0 Å². The van der Waals surface area contributed by atoms with Gasteiger partial charge >= 0.3 is 0 Å². The van der Waals surface area contributed by atoms with Crippen LogP contribution in [-0.4, -0.2) is 32.6 Å². The number of nitrogens with one attached hydrogen (secondary N) is 1. The number of benzene rings is 1. The van der Waals surface area contributed by atoms with Crippen molar-refractivity contribution in [1.82, 2.24) is 20.3 Å². The highest BCUT2D eigenvalue weighted by atomic mass is 16.3. The van der Waals surface area contributed by atoms with Crippen molar-refractivity contribution in [2.45, 2.75) is 32.2 Å². The lowest BCUT2D eigenvalue weighted by Crippen LogP contribution is -2.29. The first-order chi connectivity index (χ1) is 13.6. The van der Waals surface area contributed by atoms with Crippen molar-refractivity contribution >= 4 is 5.91 Å².